The third-order valence-corrected chi connectivity index (χ3v) is 3.01. The van der Waals surface area contributed by atoms with Crippen LogP contribution in [0.4, 0.5) is 0 Å². The van der Waals surface area contributed by atoms with Crippen molar-refractivity contribution in [2.75, 3.05) is 0 Å². The van der Waals surface area contributed by atoms with Gasteiger partial charge in [0.25, 0.3) is 0 Å². The van der Waals surface area contributed by atoms with Gasteiger partial charge in [-0.1, -0.05) is 6.08 Å². The average molecular weight is 200 g/mol. The normalized spacial score (nSPS) is 17.4. The van der Waals surface area contributed by atoms with E-state index in [-0.39, 0.29) is 0 Å². The van der Waals surface area contributed by atoms with Crippen LogP contribution in [-0.2, 0) is 4.43 Å². The fourth-order valence-corrected chi connectivity index (χ4v) is 2.82. The van der Waals surface area contributed by atoms with E-state index in [9.17, 15) is 0 Å². The molecule has 0 fully saturated rings. The minimum Gasteiger partial charge on any atom is -0.537 e. The van der Waals surface area contributed by atoms with E-state index in [0.717, 1.165) is 11.5 Å². The third kappa shape index (κ3) is 3.07. The highest BCUT2D eigenvalue weighted by Gasteiger charge is 2.20. The lowest BCUT2D eigenvalue weighted by atomic mass is 10.2. The van der Waals surface area contributed by atoms with Gasteiger partial charge < -0.3 is 4.43 Å². The van der Waals surface area contributed by atoms with Crippen LogP contribution in [0, 0.1) is 0 Å². The van der Waals surface area contributed by atoms with Gasteiger partial charge >= 0.3 is 0 Å². The SMILES string of the molecule is C[Si](C)(C)OC(=S)C1=CCCC1. The molecule has 0 atom stereocenters. The quantitative estimate of drug-likeness (QED) is 0.500. The summed E-state index contributed by atoms with van der Waals surface area (Å²) in [6.07, 6.45) is 5.74. The first-order valence-electron chi connectivity index (χ1n) is 4.41. The minimum atomic E-state index is -1.47. The Bertz CT molecular complexity index is 215. The molecule has 68 valence electrons. The van der Waals surface area contributed by atoms with E-state index >= 15 is 0 Å². The minimum absolute atomic E-state index is 0.756. The second-order valence-corrected chi connectivity index (χ2v) is 8.92. The van der Waals surface area contributed by atoms with Gasteiger partial charge in [0.1, 0.15) is 0 Å². The van der Waals surface area contributed by atoms with E-state index in [2.05, 4.69) is 25.7 Å². The van der Waals surface area contributed by atoms with Crippen molar-refractivity contribution in [1.29, 1.82) is 0 Å². The first-order valence-corrected chi connectivity index (χ1v) is 8.23. The van der Waals surface area contributed by atoms with Gasteiger partial charge in [-0.05, 0) is 51.1 Å². The van der Waals surface area contributed by atoms with Crippen molar-refractivity contribution < 1.29 is 4.43 Å². The highest BCUT2D eigenvalue weighted by molar-refractivity contribution is 7.80. The molecule has 1 rings (SSSR count). The zero-order valence-corrected chi connectivity index (χ0v) is 9.83. The molecule has 0 amide bonds. The van der Waals surface area contributed by atoms with E-state index in [4.69, 9.17) is 16.6 Å². The van der Waals surface area contributed by atoms with Crippen molar-refractivity contribution in [3.8, 4) is 0 Å². The van der Waals surface area contributed by atoms with Crippen molar-refractivity contribution in [2.24, 2.45) is 0 Å². The Balaban J connectivity index is 2.49. The molecule has 3 heteroatoms. The van der Waals surface area contributed by atoms with E-state index in [1.54, 1.807) is 0 Å². The van der Waals surface area contributed by atoms with Gasteiger partial charge in [0.15, 0.2) is 5.05 Å². The summed E-state index contributed by atoms with van der Waals surface area (Å²) in [4.78, 5) is 0. The van der Waals surface area contributed by atoms with E-state index in [1.807, 2.05) is 0 Å². The average Bonchev–Trinajstić information content (AvgIpc) is 2.32. The molecule has 0 bridgehead atoms. The Morgan fingerprint density at radius 2 is 2.17 bits per heavy atom. The summed E-state index contributed by atoms with van der Waals surface area (Å²) in [5.74, 6) is 0. The van der Waals surface area contributed by atoms with Crippen LogP contribution in [0.5, 0.6) is 0 Å². The summed E-state index contributed by atoms with van der Waals surface area (Å²) < 4.78 is 5.72. The predicted molar refractivity (Wildman–Crippen MR) is 59.0 cm³/mol. The number of hydrogen-bond acceptors (Lipinski definition) is 2. The first kappa shape index (κ1) is 9.93. The van der Waals surface area contributed by atoms with Crippen molar-refractivity contribution in [3.63, 3.8) is 0 Å². The van der Waals surface area contributed by atoms with Gasteiger partial charge in [0, 0.05) is 5.57 Å². The molecule has 0 saturated carbocycles. The van der Waals surface area contributed by atoms with Gasteiger partial charge in [0.05, 0.1) is 0 Å². The maximum Gasteiger partial charge on any atom is 0.243 e. The lowest BCUT2D eigenvalue weighted by Gasteiger charge is -2.20. The fraction of sp³-hybridized carbons (Fsp3) is 0.667. The molecule has 0 N–H and O–H groups in total. The number of rotatable bonds is 2. The summed E-state index contributed by atoms with van der Waals surface area (Å²) in [6, 6.07) is 0. The molecule has 1 aliphatic rings. The summed E-state index contributed by atoms with van der Waals surface area (Å²) in [5.41, 5.74) is 1.26. The second kappa shape index (κ2) is 3.71. The maximum absolute atomic E-state index is 5.72. The maximum atomic E-state index is 5.72. The van der Waals surface area contributed by atoms with Crippen LogP contribution in [0.2, 0.25) is 19.6 Å². The Labute approximate surface area is 80.9 Å². The van der Waals surface area contributed by atoms with Crippen LogP contribution in [-0.4, -0.2) is 13.4 Å². The lowest BCUT2D eigenvalue weighted by molar-refractivity contribution is 0.564. The smallest absolute Gasteiger partial charge is 0.243 e. The standard InChI is InChI=1S/C9H16OSSi/c1-12(2,3)10-9(11)8-6-4-5-7-8/h6H,4-5,7H2,1-3H3. The molecule has 1 aliphatic carbocycles. The summed E-state index contributed by atoms with van der Waals surface area (Å²) in [5, 5.41) is 0.756. The molecule has 0 heterocycles. The second-order valence-electron chi connectivity index (χ2n) is 4.12. The van der Waals surface area contributed by atoms with Gasteiger partial charge in [-0.2, -0.15) is 0 Å². The first-order chi connectivity index (χ1) is 5.49. The molecular formula is C9H16OSSi. The summed E-state index contributed by atoms with van der Waals surface area (Å²) >= 11 is 5.21. The van der Waals surface area contributed by atoms with E-state index in [0.29, 0.717) is 0 Å². The number of allylic oxidation sites excluding steroid dienone is 1. The van der Waals surface area contributed by atoms with Crippen molar-refractivity contribution in [3.05, 3.63) is 11.6 Å². The molecular weight excluding hydrogens is 184 g/mol. The van der Waals surface area contributed by atoms with Crippen LogP contribution >= 0.6 is 12.2 Å². The van der Waals surface area contributed by atoms with Crippen LogP contribution < -0.4 is 0 Å². The van der Waals surface area contributed by atoms with Crippen LogP contribution in [0.1, 0.15) is 19.3 Å². The molecule has 0 unspecified atom stereocenters. The highest BCUT2D eigenvalue weighted by Crippen LogP contribution is 2.21. The van der Waals surface area contributed by atoms with Crippen LogP contribution in [0.25, 0.3) is 0 Å². The van der Waals surface area contributed by atoms with Crippen LogP contribution in [0.15, 0.2) is 11.6 Å². The highest BCUT2D eigenvalue weighted by atomic mass is 32.1. The van der Waals surface area contributed by atoms with Crippen molar-refractivity contribution in [1.82, 2.24) is 0 Å². The molecule has 0 aromatic rings. The monoisotopic (exact) mass is 200 g/mol. The van der Waals surface area contributed by atoms with Gasteiger partial charge in [-0.3, -0.25) is 0 Å². The molecule has 0 radical (unpaired) electrons. The molecule has 0 aromatic heterocycles. The Morgan fingerprint density at radius 3 is 2.58 bits per heavy atom. The lowest BCUT2D eigenvalue weighted by Crippen LogP contribution is -2.28. The molecule has 1 nitrogen and oxygen atoms in total. The molecule has 12 heavy (non-hydrogen) atoms. The van der Waals surface area contributed by atoms with Gasteiger partial charge in [-0.25, -0.2) is 0 Å². The third-order valence-electron chi connectivity index (χ3n) is 1.70. The Morgan fingerprint density at radius 1 is 1.50 bits per heavy atom. The van der Waals surface area contributed by atoms with E-state index in [1.165, 1.54) is 18.4 Å². The Kier molecular flexibility index (Phi) is 3.07. The zero-order valence-electron chi connectivity index (χ0n) is 8.02. The molecule has 0 aliphatic heterocycles. The molecule has 0 saturated heterocycles. The number of thiocarbonyl (C=S) groups is 1. The van der Waals surface area contributed by atoms with Crippen molar-refractivity contribution >= 4 is 25.6 Å². The number of hydrogen-bond donors (Lipinski definition) is 0. The predicted octanol–water partition coefficient (Wildman–Crippen LogP) is 3.28. The molecule has 0 spiro atoms. The van der Waals surface area contributed by atoms with Crippen molar-refractivity contribution in [2.45, 2.75) is 38.9 Å². The van der Waals surface area contributed by atoms with E-state index < -0.39 is 8.32 Å². The molecule has 0 aromatic carbocycles. The Hall–Kier alpha value is -0.153. The van der Waals surface area contributed by atoms with Gasteiger partial charge in [-0.15, -0.1) is 0 Å². The fourth-order valence-electron chi connectivity index (χ4n) is 1.20. The summed E-state index contributed by atoms with van der Waals surface area (Å²) in [7, 11) is -1.47. The van der Waals surface area contributed by atoms with Gasteiger partial charge in [0.2, 0.25) is 8.32 Å². The largest absolute Gasteiger partial charge is 0.537 e. The van der Waals surface area contributed by atoms with Crippen LogP contribution in [0.3, 0.4) is 0 Å². The topological polar surface area (TPSA) is 9.23 Å². The zero-order chi connectivity index (χ0) is 9.19. The summed E-state index contributed by atoms with van der Waals surface area (Å²) in [6.45, 7) is 6.48.